The summed E-state index contributed by atoms with van der Waals surface area (Å²) in [7, 11) is 0. The van der Waals surface area contributed by atoms with E-state index in [1.54, 1.807) is 18.2 Å². The van der Waals surface area contributed by atoms with Crippen molar-refractivity contribution in [2.24, 2.45) is 5.11 Å². The highest BCUT2D eigenvalue weighted by molar-refractivity contribution is 6.76. The average molecular weight is 826 g/mol. The zero-order chi connectivity index (χ0) is 40.3. The predicted octanol–water partition coefficient (Wildman–Crippen LogP) is 3.01. The van der Waals surface area contributed by atoms with Crippen molar-refractivity contribution < 1.29 is 76.1 Å². The highest BCUT2D eigenvalue weighted by Gasteiger charge is 2.57. The Bertz CT molecular complexity index is 1610. The number of hydrogen-bond acceptors (Lipinski definition) is 18. The highest BCUT2D eigenvalue weighted by Crippen LogP contribution is 2.37. The Labute approximate surface area is 321 Å². The normalized spacial score (nSPS) is 27.9. The molecule has 2 saturated heterocycles. The van der Waals surface area contributed by atoms with Crippen LogP contribution < -0.4 is 0 Å². The minimum atomic E-state index is -2.48. The lowest BCUT2D eigenvalue weighted by atomic mass is 9.95. The summed E-state index contributed by atoms with van der Waals surface area (Å²) in [6.45, 7) is 3.73. The SMILES string of the molecule is CC(=O)OC[C@H]1O[C@@H](O[C@@H]2[C@@H](N=[N+]=[N-])[C@@H](OC(=N)C(Cl)(Cl)Cl)O[C@H](COC(=O)c3ccccc3)[C@@H]2OC(C)=O)[C@H](OC(C)=O)[C@@H](OC(C)=O)[C@H]1OC(C)=O. The van der Waals surface area contributed by atoms with E-state index in [0.717, 1.165) is 34.6 Å². The number of nitrogens with zero attached hydrogens (tertiary/aromatic N) is 3. The molecule has 2 aliphatic heterocycles. The molecular formula is C31H35Cl3N4O16. The van der Waals surface area contributed by atoms with E-state index in [4.69, 9.17) is 87.6 Å². The summed E-state index contributed by atoms with van der Waals surface area (Å²) in [4.78, 5) is 77.0. The van der Waals surface area contributed by atoms with Crippen LogP contribution in [0.25, 0.3) is 10.4 Å². The molecule has 20 nitrogen and oxygen atoms in total. The third kappa shape index (κ3) is 12.6. The molecular weight excluding hydrogens is 791 g/mol. The fourth-order valence-electron chi connectivity index (χ4n) is 5.25. The number of hydrogen-bond donors (Lipinski definition) is 1. The second kappa shape index (κ2) is 19.8. The highest BCUT2D eigenvalue weighted by atomic mass is 35.6. The Morgan fingerprint density at radius 2 is 1.19 bits per heavy atom. The maximum atomic E-state index is 12.9. The number of azide groups is 1. The largest absolute Gasteiger partial charge is 0.463 e. The molecule has 0 bridgehead atoms. The number of carbonyl (C=O) groups is 6. The van der Waals surface area contributed by atoms with Crippen molar-refractivity contribution in [3.8, 4) is 0 Å². The van der Waals surface area contributed by atoms with Crippen LogP contribution in [-0.2, 0) is 71.3 Å². The van der Waals surface area contributed by atoms with Gasteiger partial charge in [-0.25, -0.2) is 4.79 Å². The lowest BCUT2D eigenvalue weighted by Crippen LogP contribution is -2.66. The first kappa shape index (κ1) is 44.0. The fraction of sp³-hybridized carbons (Fsp3) is 0.581. The van der Waals surface area contributed by atoms with Crippen LogP contribution in [0.1, 0.15) is 45.0 Å². The Hall–Kier alpha value is -4.43. The lowest BCUT2D eigenvalue weighted by molar-refractivity contribution is -0.341. The Balaban J connectivity index is 2.19. The monoisotopic (exact) mass is 824 g/mol. The molecule has 2 aliphatic rings. The quantitative estimate of drug-likeness (QED) is 0.0438. The van der Waals surface area contributed by atoms with E-state index >= 15 is 0 Å². The van der Waals surface area contributed by atoms with Gasteiger partial charge in [0.05, 0.1) is 5.56 Å². The van der Waals surface area contributed by atoms with Gasteiger partial charge in [-0.05, 0) is 17.7 Å². The molecule has 0 spiro atoms. The van der Waals surface area contributed by atoms with E-state index in [1.165, 1.54) is 12.1 Å². The molecule has 0 aromatic heterocycles. The van der Waals surface area contributed by atoms with E-state index < -0.39 is 120 Å². The minimum Gasteiger partial charge on any atom is -0.463 e. The molecule has 0 unspecified atom stereocenters. The van der Waals surface area contributed by atoms with Crippen molar-refractivity contribution in [1.29, 1.82) is 5.41 Å². The first-order chi connectivity index (χ1) is 25.3. The zero-order valence-corrected chi connectivity index (χ0v) is 31.3. The molecule has 23 heteroatoms. The smallest absolute Gasteiger partial charge is 0.338 e. The van der Waals surface area contributed by atoms with Crippen LogP contribution in [0.2, 0.25) is 0 Å². The average Bonchev–Trinajstić information content (AvgIpc) is 3.07. The van der Waals surface area contributed by atoms with Crippen LogP contribution in [0, 0.1) is 5.41 Å². The van der Waals surface area contributed by atoms with Crippen molar-refractivity contribution in [1.82, 2.24) is 0 Å². The molecule has 3 rings (SSSR count). The molecule has 10 atom stereocenters. The van der Waals surface area contributed by atoms with Crippen molar-refractivity contribution in [2.45, 2.75) is 99.8 Å². The maximum Gasteiger partial charge on any atom is 0.338 e. The molecule has 54 heavy (non-hydrogen) atoms. The van der Waals surface area contributed by atoms with Crippen LogP contribution in [-0.4, -0.2) is 120 Å². The number of benzene rings is 1. The number of rotatable bonds is 13. The van der Waals surface area contributed by atoms with Gasteiger partial charge < -0.3 is 47.4 Å². The number of halogens is 3. The summed E-state index contributed by atoms with van der Waals surface area (Å²) < 4.78 is 53.5. The molecule has 2 fully saturated rings. The van der Waals surface area contributed by atoms with E-state index in [2.05, 4.69) is 10.0 Å². The number of esters is 6. The third-order valence-corrected chi connectivity index (χ3v) is 7.74. The van der Waals surface area contributed by atoms with Crippen molar-refractivity contribution in [3.05, 3.63) is 46.3 Å². The molecule has 1 N–H and O–H groups in total. The van der Waals surface area contributed by atoms with E-state index in [0.29, 0.717) is 0 Å². The van der Waals surface area contributed by atoms with Crippen LogP contribution in [0.15, 0.2) is 35.4 Å². The number of ether oxygens (including phenoxy) is 10. The summed E-state index contributed by atoms with van der Waals surface area (Å²) in [5.74, 6) is -6.46. The topological polar surface area (TPSA) is 267 Å². The molecule has 0 radical (unpaired) electrons. The van der Waals surface area contributed by atoms with Gasteiger partial charge in [-0.1, -0.05) is 58.1 Å². The van der Waals surface area contributed by atoms with Gasteiger partial charge in [0, 0.05) is 39.5 Å². The Kier molecular flexibility index (Phi) is 16.1. The van der Waals surface area contributed by atoms with E-state index in [9.17, 15) is 34.3 Å². The molecule has 1 aromatic carbocycles. The van der Waals surface area contributed by atoms with Gasteiger partial charge in [0.25, 0.3) is 3.79 Å². The second-order valence-corrected chi connectivity index (χ2v) is 13.7. The first-order valence-electron chi connectivity index (χ1n) is 15.7. The zero-order valence-electron chi connectivity index (χ0n) is 29.1. The molecule has 296 valence electrons. The van der Waals surface area contributed by atoms with Crippen molar-refractivity contribution in [2.75, 3.05) is 13.2 Å². The number of nitrogens with one attached hydrogen (secondary N) is 1. The molecule has 0 saturated carbocycles. The van der Waals surface area contributed by atoms with Gasteiger partial charge in [0.15, 0.2) is 30.7 Å². The Morgan fingerprint density at radius 1 is 0.704 bits per heavy atom. The van der Waals surface area contributed by atoms with Crippen molar-refractivity contribution in [3.63, 3.8) is 0 Å². The van der Waals surface area contributed by atoms with E-state index in [1.807, 2.05) is 0 Å². The third-order valence-electron chi connectivity index (χ3n) is 7.22. The fourth-order valence-corrected chi connectivity index (χ4v) is 5.38. The van der Waals surface area contributed by atoms with Crippen LogP contribution in [0.4, 0.5) is 0 Å². The molecule has 0 amide bonds. The molecule has 2 heterocycles. The van der Waals surface area contributed by atoms with Gasteiger partial charge in [0.1, 0.15) is 37.6 Å². The van der Waals surface area contributed by atoms with Crippen LogP contribution >= 0.6 is 34.8 Å². The summed E-state index contributed by atoms with van der Waals surface area (Å²) in [5.41, 5.74) is 9.74. The summed E-state index contributed by atoms with van der Waals surface area (Å²) >= 11 is 17.5. The van der Waals surface area contributed by atoms with Gasteiger partial charge in [-0.3, -0.25) is 29.4 Å². The second-order valence-electron chi connectivity index (χ2n) is 11.4. The minimum absolute atomic E-state index is 0.125. The first-order valence-corrected chi connectivity index (χ1v) is 16.8. The summed E-state index contributed by atoms with van der Waals surface area (Å²) in [6, 6.07) is 5.92. The summed E-state index contributed by atoms with van der Waals surface area (Å²) in [5, 5.41) is 11.8. The maximum absolute atomic E-state index is 12.9. The molecule has 1 aromatic rings. The number of carbonyl (C=O) groups excluding carboxylic acids is 6. The lowest BCUT2D eigenvalue weighted by Gasteiger charge is -2.48. The van der Waals surface area contributed by atoms with Gasteiger partial charge in [0.2, 0.25) is 12.2 Å². The van der Waals surface area contributed by atoms with Gasteiger partial charge in [-0.15, -0.1) is 0 Å². The van der Waals surface area contributed by atoms with Crippen LogP contribution in [0.5, 0.6) is 0 Å². The summed E-state index contributed by atoms with van der Waals surface area (Å²) in [6.07, 6.45) is -15.5. The standard InChI is InChI=1S/C31H35Cl3N4O16/c1-13(39)45-11-19-23(48-15(3)41)25(49-16(4)42)26(50-17(5)43)29(52-19)53-24-21(37-38-36)28(54-30(35)31(32,33)34)51-20(22(24)47-14(2)40)12-46-27(44)18-9-7-6-8-10-18/h6-10,19-26,28-29,35H,11-12H2,1-5H3/t19-,20-,21-,22+,23+,24-,25+,26-,28-,29+/m1/s1. The Morgan fingerprint density at radius 3 is 1.69 bits per heavy atom. The predicted molar refractivity (Wildman–Crippen MR) is 180 cm³/mol. The van der Waals surface area contributed by atoms with Gasteiger partial charge >= 0.3 is 35.8 Å². The van der Waals surface area contributed by atoms with Crippen LogP contribution in [0.3, 0.4) is 0 Å². The van der Waals surface area contributed by atoms with Crippen molar-refractivity contribution >= 4 is 76.5 Å². The number of alkyl halides is 3. The van der Waals surface area contributed by atoms with E-state index in [-0.39, 0.29) is 5.56 Å². The van der Waals surface area contributed by atoms with Gasteiger partial charge in [-0.2, -0.15) is 0 Å². The molecule has 0 aliphatic carbocycles.